The summed E-state index contributed by atoms with van der Waals surface area (Å²) in [6.07, 6.45) is 6.56. The number of nitrogens with zero attached hydrogens (tertiary/aromatic N) is 1. The van der Waals surface area contributed by atoms with E-state index in [4.69, 9.17) is 5.11 Å². The third-order valence-corrected chi connectivity index (χ3v) is 4.05. The van der Waals surface area contributed by atoms with E-state index in [1.54, 1.807) is 6.92 Å². The molecule has 0 aromatic heterocycles. The number of aliphatic hydroxyl groups is 1. The van der Waals surface area contributed by atoms with Gasteiger partial charge in [0.2, 0.25) is 0 Å². The Morgan fingerprint density at radius 2 is 1.75 bits per heavy atom. The summed E-state index contributed by atoms with van der Waals surface area (Å²) >= 11 is 0. The zero-order valence-corrected chi connectivity index (χ0v) is 13.5. The lowest BCUT2D eigenvalue weighted by Crippen LogP contribution is -2.54. The van der Waals surface area contributed by atoms with Crippen molar-refractivity contribution in [2.75, 3.05) is 26.2 Å². The van der Waals surface area contributed by atoms with Crippen molar-refractivity contribution < 1.29 is 19.5 Å². The van der Waals surface area contributed by atoms with Gasteiger partial charge in [0.05, 0.1) is 19.6 Å². The SMILES string of the molecule is CCC/C=C/CC(O)C[N+](CC)(CC)CC(C)C(=O)O. The second kappa shape index (κ2) is 9.94. The maximum Gasteiger partial charge on any atom is 0.311 e. The number of quaternary nitrogens is 1. The van der Waals surface area contributed by atoms with Crippen molar-refractivity contribution in [2.45, 2.75) is 53.1 Å². The van der Waals surface area contributed by atoms with Crippen molar-refractivity contribution in [1.82, 2.24) is 0 Å². The highest BCUT2D eigenvalue weighted by Gasteiger charge is 2.31. The molecule has 2 atom stereocenters. The minimum Gasteiger partial charge on any atom is -0.481 e. The lowest BCUT2D eigenvalue weighted by molar-refractivity contribution is -0.929. The fourth-order valence-electron chi connectivity index (χ4n) is 2.53. The van der Waals surface area contributed by atoms with E-state index in [1.807, 2.05) is 6.08 Å². The van der Waals surface area contributed by atoms with Gasteiger partial charge in [-0.15, -0.1) is 0 Å². The number of carbonyl (C=O) groups is 1. The van der Waals surface area contributed by atoms with Crippen LogP contribution in [0.1, 0.15) is 47.0 Å². The van der Waals surface area contributed by atoms with Crippen LogP contribution in [0.3, 0.4) is 0 Å². The number of likely N-dealkylation sites (N-methyl/N-ethyl adjacent to an activating group) is 1. The summed E-state index contributed by atoms with van der Waals surface area (Å²) in [5.74, 6) is -1.13. The van der Waals surface area contributed by atoms with Crippen LogP contribution in [0.4, 0.5) is 0 Å². The van der Waals surface area contributed by atoms with Crippen LogP contribution < -0.4 is 0 Å². The van der Waals surface area contributed by atoms with Gasteiger partial charge < -0.3 is 14.7 Å². The molecule has 0 bridgehead atoms. The first kappa shape index (κ1) is 19.1. The highest BCUT2D eigenvalue weighted by Crippen LogP contribution is 2.14. The Morgan fingerprint density at radius 1 is 1.15 bits per heavy atom. The molecule has 0 fully saturated rings. The Kier molecular flexibility index (Phi) is 9.51. The van der Waals surface area contributed by atoms with Gasteiger partial charge in [-0.2, -0.15) is 0 Å². The van der Waals surface area contributed by atoms with Gasteiger partial charge in [0.1, 0.15) is 18.6 Å². The standard InChI is InChI=1S/C16H31NO3/c1-5-8-9-10-11-15(18)13-17(6-2,7-3)12-14(4)16(19)20/h9-10,14-15,18H,5-8,11-13H2,1-4H3/p+1/b10-9+. The van der Waals surface area contributed by atoms with Gasteiger partial charge in [-0.05, 0) is 33.6 Å². The molecule has 0 saturated carbocycles. The molecule has 0 aliphatic heterocycles. The molecule has 4 nitrogen and oxygen atoms in total. The molecular formula is C16H32NO3+. The van der Waals surface area contributed by atoms with E-state index in [2.05, 4.69) is 26.8 Å². The van der Waals surface area contributed by atoms with E-state index in [0.717, 1.165) is 25.9 Å². The van der Waals surface area contributed by atoms with Crippen molar-refractivity contribution in [3.05, 3.63) is 12.2 Å². The average molecular weight is 286 g/mol. The van der Waals surface area contributed by atoms with Gasteiger partial charge in [-0.1, -0.05) is 25.5 Å². The van der Waals surface area contributed by atoms with Crippen LogP contribution in [0.2, 0.25) is 0 Å². The smallest absolute Gasteiger partial charge is 0.311 e. The van der Waals surface area contributed by atoms with E-state index in [9.17, 15) is 9.90 Å². The molecule has 20 heavy (non-hydrogen) atoms. The first-order valence-corrected chi connectivity index (χ1v) is 7.81. The minimum atomic E-state index is -0.758. The first-order valence-electron chi connectivity index (χ1n) is 7.81. The van der Waals surface area contributed by atoms with E-state index >= 15 is 0 Å². The second-order valence-corrected chi connectivity index (χ2v) is 5.73. The second-order valence-electron chi connectivity index (χ2n) is 5.73. The van der Waals surface area contributed by atoms with Crippen LogP contribution in [-0.2, 0) is 4.79 Å². The average Bonchev–Trinajstić information content (AvgIpc) is 2.42. The summed E-state index contributed by atoms with van der Waals surface area (Å²) in [5.41, 5.74) is 0. The van der Waals surface area contributed by atoms with Gasteiger partial charge in [0.15, 0.2) is 0 Å². The number of rotatable bonds is 11. The van der Waals surface area contributed by atoms with Crippen molar-refractivity contribution in [3.8, 4) is 0 Å². The maximum atomic E-state index is 11.1. The van der Waals surface area contributed by atoms with E-state index in [-0.39, 0.29) is 5.92 Å². The summed E-state index contributed by atoms with van der Waals surface area (Å²) in [6, 6.07) is 0. The molecule has 2 unspecified atom stereocenters. The fourth-order valence-corrected chi connectivity index (χ4v) is 2.53. The van der Waals surface area contributed by atoms with Crippen LogP contribution in [0.15, 0.2) is 12.2 Å². The Hall–Kier alpha value is -0.870. The molecule has 0 saturated heterocycles. The van der Waals surface area contributed by atoms with E-state index in [0.29, 0.717) is 24.0 Å². The molecule has 0 aliphatic carbocycles. The fraction of sp³-hybridized carbons (Fsp3) is 0.812. The molecule has 0 aromatic rings. The summed E-state index contributed by atoms with van der Waals surface area (Å²) < 4.78 is 0.663. The molecule has 0 aromatic carbocycles. The Bertz CT molecular complexity index is 298. The Balaban J connectivity index is 4.54. The highest BCUT2D eigenvalue weighted by molar-refractivity contribution is 5.69. The number of aliphatic carboxylic acids is 1. The number of aliphatic hydroxyl groups excluding tert-OH is 1. The molecule has 0 aliphatic rings. The van der Waals surface area contributed by atoms with Crippen LogP contribution in [-0.4, -0.2) is 52.9 Å². The maximum absolute atomic E-state index is 11.1. The van der Waals surface area contributed by atoms with Crippen LogP contribution >= 0.6 is 0 Å². The molecule has 2 N–H and O–H groups in total. The van der Waals surface area contributed by atoms with Gasteiger partial charge in [0.25, 0.3) is 0 Å². The number of carboxylic acids is 1. The molecule has 4 heteroatoms. The molecule has 0 rings (SSSR count). The van der Waals surface area contributed by atoms with Crippen LogP contribution in [0.5, 0.6) is 0 Å². The number of allylic oxidation sites excluding steroid dienone is 1. The van der Waals surface area contributed by atoms with E-state index in [1.165, 1.54) is 0 Å². The van der Waals surface area contributed by atoms with Gasteiger partial charge in [0, 0.05) is 0 Å². The number of carboxylic acid groups (broad SMARTS) is 1. The Morgan fingerprint density at radius 3 is 2.20 bits per heavy atom. The third-order valence-electron chi connectivity index (χ3n) is 4.05. The van der Waals surface area contributed by atoms with Crippen molar-refractivity contribution in [1.29, 1.82) is 0 Å². The Labute approximate surface area is 123 Å². The zero-order chi connectivity index (χ0) is 15.6. The van der Waals surface area contributed by atoms with E-state index < -0.39 is 12.1 Å². The number of hydrogen-bond acceptors (Lipinski definition) is 2. The molecular weight excluding hydrogens is 254 g/mol. The minimum absolute atomic E-state index is 0.377. The predicted molar refractivity (Wildman–Crippen MR) is 82.5 cm³/mol. The lowest BCUT2D eigenvalue weighted by Gasteiger charge is -2.39. The molecule has 0 amide bonds. The molecule has 0 heterocycles. The van der Waals surface area contributed by atoms with Gasteiger partial charge in [-0.25, -0.2) is 0 Å². The van der Waals surface area contributed by atoms with Crippen molar-refractivity contribution >= 4 is 5.97 Å². The lowest BCUT2D eigenvalue weighted by atomic mass is 10.1. The van der Waals surface area contributed by atoms with Gasteiger partial charge >= 0.3 is 5.97 Å². The molecule has 0 spiro atoms. The summed E-state index contributed by atoms with van der Waals surface area (Å²) in [7, 11) is 0. The third kappa shape index (κ3) is 7.06. The van der Waals surface area contributed by atoms with Crippen LogP contribution in [0, 0.1) is 5.92 Å². The van der Waals surface area contributed by atoms with Crippen molar-refractivity contribution in [3.63, 3.8) is 0 Å². The zero-order valence-electron chi connectivity index (χ0n) is 13.5. The number of unbranched alkanes of at least 4 members (excludes halogenated alkanes) is 1. The van der Waals surface area contributed by atoms with Crippen LogP contribution in [0.25, 0.3) is 0 Å². The number of hydrogen-bond donors (Lipinski definition) is 2. The first-order chi connectivity index (χ1) is 9.40. The topological polar surface area (TPSA) is 57.5 Å². The highest BCUT2D eigenvalue weighted by atomic mass is 16.4. The summed E-state index contributed by atoms with van der Waals surface area (Å²) in [5, 5.41) is 19.3. The largest absolute Gasteiger partial charge is 0.481 e. The summed E-state index contributed by atoms with van der Waals surface area (Å²) in [4.78, 5) is 11.1. The molecule has 0 radical (unpaired) electrons. The normalized spacial score (nSPS) is 15.4. The molecule has 118 valence electrons. The quantitative estimate of drug-likeness (QED) is 0.453. The van der Waals surface area contributed by atoms with Gasteiger partial charge in [-0.3, -0.25) is 4.79 Å². The summed E-state index contributed by atoms with van der Waals surface area (Å²) in [6.45, 7) is 10.9. The predicted octanol–water partition coefficient (Wildman–Crippen LogP) is 2.67. The van der Waals surface area contributed by atoms with Crippen molar-refractivity contribution in [2.24, 2.45) is 5.92 Å². The monoisotopic (exact) mass is 286 g/mol.